The molecule has 0 amide bonds. The van der Waals surface area contributed by atoms with Gasteiger partial charge in [-0.2, -0.15) is 0 Å². The summed E-state index contributed by atoms with van der Waals surface area (Å²) >= 11 is 0. The Bertz CT molecular complexity index is 1070. The van der Waals surface area contributed by atoms with E-state index in [2.05, 4.69) is 0 Å². The van der Waals surface area contributed by atoms with Crippen LogP contribution < -0.4 is 0 Å². The van der Waals surface area contributed by atoms with Crippen molar-refractivity contribution in [3.8, 4) is 0 Å². The van der Waals surface area contributed by atoms with E-state index >= 15 is 0 Å². The normalized spacial score (nSPS) is 12.5. The summed E-state index contributed by atoms with van der Waals surface area (Å²) in [6.07, 6.45) is -13.6. The maximum Gasteiger partial charge on any atom is 0.336 e. The molecule has 28 heteroatoms. The fraction of sp³-hybridized carbons (Fsp3) is 0.500. The summed E-state index contributed by atoms with van der Waals surface area (Å²) in [5, 5.41) is 140. The number of carbonyl (C=O) groups is 11. The highest BCUT2D eigenvalue weighted by atomic mass is 16.5. The zero-order valence-corrected chi connectivity index (χ0v) is 24.7. The Morgan fingerprint density at radius 3 is 0.560 bits per heavy atom. The molecule has 0 aromatic rings. The van der Waals surface area contributed by atoms with Gasteiger partial charge in [0, 0.05) is 6.92 Å². The summed E-state index contributed by atoms with van der Waals surface area (Å²) in [5.41, 5.74) is -5.48. The molecule has 28 nitrogen and oxygen atoms in total. The fourth-order valence-corrected chi connectivity index (χ4v) is 1.97. The fourth-order valence-electron chi connectivity index (χ4n) is 1.97. The lowest BCUT2D eigenvalue weighted by Crippen LogP contribution is -2.42. The second-order valence-electron chi connectivity index (χ2n) is 8.61. The molecule has 0 radical (unpaired) electrons. The van der Waals surface area contributed by atoms with Crippen LogP contribution in [0.15, 0.2) is 0 Å². The summed E-state index contributed by atoms with van der Waals surface area (Å²) in [4.78, 5) is 109. The molecule has 0 aromatic heterocycles. The van der Waals surface area contributed by atoms with Crippen LogP contribution in [0, 0.1) is 0 Å². The third kappa shape index (κ3) is 28.2. The summed E-state index contributed by atoms with van der Waals surface area (Å²) in [5.74, 6) is -17.9. The molecule has 0 rings (SSSR count). The van der Waals surface area contributed by atoms with Gasteiger partial charge in [0.2, 0.25) is 0 Å². The first-order valence-corrected chi connectivity index (χ1v) is 11.8. The Kier molecular flexibility index (Phi) is 26.7. The van der Waals surface area contributed by atoms with Gasteiger partial charge in [0.05, 0.1) is 25.7 Å². The van der Waals surface area contributed by atoms with Crippen LogP contribution in [-0.4, -0.2) is 188 Å². The van der Waals surface area contributed by atoms with E-state index in [1.165, 1.54) is 0 Å². The SMILES string of the molecule is CC(=O)O.O=C(O)C(O)C(O)C(=O)O.O=C(O)C(O)C(O)C(=O)O.O=C(O)CC(O)(CC(=O)O)C(=O)O.O=C(O)CC(O)(CC(=O)O)C(=O)O. The van der Waals surface area contributed by atoms with E-state index in [1.54, 1.807) is 0 Å². The van der Waals surface area contributed by atoms with Crippen molar-refractivity contribution >= 4 is 65.7 Å². The molecule has 0 heterocycles. The first-order valence-electron chi connectivity index (χ1n) is 11.8. The van der Waals surface area contributed by atoms with Crippen molar-refractivity contribution in [2.24, 2.45) is 0 Å². The van der Waals surface area contributed by atoms with Crippen molar-refractivity contribution in [2.75, 3.05) is 0 Å². The summed E-state index contributed by atoms with van der Waals surface area (Å²) in [6, 6.07) is 0. The molecule has 288 valence electrons. The molecule has 0 aliphatic heterocycles. The number of carboxylic acid groups (broad SMARTS) is 11. The van der Waals surface area contributed by atoms with E-state index in [0.29, 0.717) is 0 Å². The third-order valence-corrected chi connectivity index (χ3v) is 4.18. The van der Waals surface area contributed by atoms with E-state index in [1.807, 2.05) is 0 Å². The van der Waals surface area contributed by atoms with Gasteiger partial charge in [-0.15, -0.1) is 0 Å². The van der Waals surface area contributed by atoms with Gasteiger partial charge in [-0.3, -0.25) is 24.0 Å². The minimum atomic E-state index is -2.74. The van der Waals surface area contributed by atoms with Gasteiger partial charge in [0.15, 0.2) is 35.6 Å². The molecule has 0 spiro atoms. The first kappa shape index (κ1) is 53.4. The van der Waals surface area contributed by atoms with Crippen molar-refractivity contribution in [1.29, 1.82) is 0 Å². The van der Waals surface area contributed by atoms with Crippen LogP contribution in [-0.2, 0) is 52.7 Å². The molecule has 4 atom stereocenters. The van der Waals surface area contributed by atoms with Gasteiger partial charge in [-0.05, 0) is 0 Å². The molecule has 0 fully saturated rings. The average molecular weight is 744 g/mol. The standard InChI is InChI=1S/2C6H8O7.2C4H6O6.C2H4O2/c2*7-3(8)1-6(13,5(11)12)2-4(9)10;2*5-1(3(7)8)2(6)4(9)10;1-2(3)4/h2*13H,1-2H2,(H,7,8)(H,9,10)(H,11,12);2*1-2,5-6H,(H,7,8)(H,9,10);1H3,(H,3,4). The Hall–Kier alpha value is -6.07. The number of hydrogen-bond donors (Lipinski definition) is 17. The van der Waals surface area contributed by atoms with Gasteiger partial charge in [-0.1, -0.05) is 0 Å². The minimum absolute atomic E-state index is 0.833. The highest BCUT2D eigenvalue weighted by Gasteiger charge is 2.41. The van der Waals surface area contributed by atoms with Crippen molar-refractivity contribution in [2.45, 2.75) is 68.2 Å². The van der Waals surface area contributed by atoms with E-state index < -0.39 is 127 Å². The highest BCUT2D eigenvalue weighted by Crippen LogP contribution is 2.16. The van der Waals surface area contributed by atoms with Crippen LogP contribution >= 0.6 is 0 Å². The molecule has 0 saturated carbocycles. The van der Waals surface area contributed by atoms with Crippen molar-refractivity contribution < 1.29 is 140 Å². The van der Waals surface area contributed by atoms with Crippen LogP contribution in [0.5, 0.6) is 0 Å². The zero-order chi connectivity index (χ0) is 41.5. The summed E-state index contributed by atoms with van der Waals surface area (Å²) < 4.78 is 0. The largest absolute Gasteiger partial charge is 0.481 e. The topological polar surface area (TPSA) is 532 Å². The predicted molar refractivity (Wildman–Crippen MR) is 142 cm³/mol. The molecule has 0 aromatic carbocycles. The van der Waals surface area contributed by atoms with E-state index in [-0.39, 0.29) is 0 Å². The molecule has 0 saturated heterocycles. The Morgan fingerprint density at radius 2 is 0.500 bits per heavy atom. The van der Waals surface area contributed by atoms with Gasteiger partial charge in [-0.25, -0.2) is 28.8 Å². The molecular weight excluding hydrogens is 712 g/mol. The first-order chi connectivity index (χ1) is 22.2. The van der Waals surface area contributed by atoms with Crippen LogP contribution in [0.4, 0.5) is 0 Å². The highest BCUT2D eigenvalue weighted by molar-refractivity contribution is 5.89. The number of aliphatic carboxylic acids is 11. The molecule has 17 N–H and O–H groups in total. The smallest absolute Gasteiger partial charge is 0.336 e. The maximum atomic E-state index is 10.3. The zero-order valence-electron chi connectivity index (χ0n) is 24.7. The van der Waals surface area contributed by atoms with Crippen molar-refractivity contribution in [3.05, 3.63) is 0 Å². The number of rotatable bonds is 16. The number of aliphatic hydroxyl groups is 6. The monoisotopic (exact) mass is 744 g/mol. The second-order valence-corrected chi connectivity index (χ2v) is 8.61. The van der Waals surface area contributed by atoms with Gasteiger partial charge in [0.25, 0.3) is 5.97 Å². The molecular formula is C22H32O28. The van der Waals surface area contributed by atoms with Gasteiger partial charge >= 0.3 is 59.7 Å². The van der Waals surface area contributed by atoms with Crippen LogP contribution in [0.25, 0.3) is 0 Å². The lowest BCUT2D eigenvalue weighted by atomic mass is 9.96. The Morgan fingerprint density at radius 1 is 0.380 bits per heavy atom. The Balaban J connectivity index is -0.000000175. The molecule has 4 unspecified atom stereocenters. The predicted octanol–water partition coefficient (Wildman–Crippen LogP) is -6.65. The molecule has 0 aliphatic carbocycles. The van der Waals surface area contributed by atoms with E-state index in [9.17, 15) is 47.9 Å². The van der Waals surface area contributed by atoms with E-state index in [0.717, 1.165) is 6.92 Å². The van der Waals surface area contributed by atoms with E-state index in [4.69, 9.17) is 91.6 Å². The lowest BCUT2D eigenvalue weighted by Gasteiger charge is -2.18. The number of aliphatic hydroxyl groups excluding tert-OH is 4. The summed E-state index contributed by atoms with van der Waals surface area (Å²) in [6.45, 7) is 1.08. The molecule has 50 heavy (non-hydrogen) atoms. The van der Waals surface area contributed by atoms with Crippen LogP contribution in [0.1, 0.15) is 32.6 Å². The molecule has 0 bridgehead atoms. The quantitative estimate of drug-likeness (QED) is 0.0698. The van der Waals surface area contributed by atoms with Crippen molar-refractivity contribution in [1.82, 2.24) is 0 Å². The minimum Gasteiger partial charge on any atom is -0.481 e. The summed E-state index contributed by atoms with van der Waals surface area (Å²) in [7, 11) is 0. The Labute approximate surface area is 274 Å². The second kappa shape index (κ2) is 25.0. The van der Waals surface area contributed by atoms with Gasteiger partial charge < -0.3 is 86.8 Å². The average Bonchev–Trinajstić information content (AvgIpc) is 2.89. The van der Waals surface area contributed by atoms with Gasteiger partial charge in [0.1, 0.15) is 0 Å². The van der Waals surface area contributed by atoms with Crippen molar-refractivity contribution in [3.63, 3.8) is 0 Å². The number of carboxylic acids is 11. The van der Waals surface area contributed by atoms with Crippen LogP contribution in [0.3, 0.4) is 0 Å². The van der Waals surface area contributed by atoms with Crippen LogP contribution in [0.2, 0.25) is 0 Å². The lowest BCUT2D eigenvalue weighted by molar-refractivity contribution is -0.170. The maximum absolute atomic E-state index is 10.3. The molecule has 0 aliphatic rings. The number of hydrogen-bond acceptors (Lipinski definition) is 17. The third-order valence-electron chi connectivity index (χ3n) is 4.18.